The third kappa shape index (κ3) is 5.40. The number of aromatic nitrogens is 1. The van der Waals surface area contributed by atoms with Gasteiger partial charge in [0.15, 0.2) is 0 Å². The van der Waals surface area contributed by atoms with Crippen molar-refractivity contribution in [2.24, 2.45) is 0 Å². The minimum absolute atomic E-state index is 0.247. The summed E-state index contributed by atoms with van der Waals surface area (Å²) in [5.41, 5.74) is 2.29. The lowest BCUT2D eigenvalue weighted by Gasteiger charge is -2.13. The zero-order valence-electron chi connectivity index (χ0n) is 18.5. The summed E-state index contributed by atoms with van der Waals surface area (Å²) in [7, 11) is 1.31. The Hall–Kier alpha value is -3.59. The second kappa shape index (κ2) is 9.95. The Morgan fingerprint density at radius 1 is 0.943 bits per heavy atom. The molecule has 0 aliphatic carbocycles. The lowest BCUT2D eigenvalue weighted by Crippen LogP contribution is -2.23. The number of carbonyl (C=O) groups is 2. The number of rotatable bonds is 6. The molecule has 1 heterocycles. The molecule has 0 saturated carbocycles. The molecule has 9 heteroatoms. The maximum absolute atomic E-state index is 13.1. The van der Waals surface area contributed by atoms with Crippen LogP contribution in [0.15, 0.2) is 77.4 Å². The highest BCUT2D eigenvalue weighted by Crippen LogP contribution is 2.31. The van der Waals surface area contributed by atoms with Gasteiger partial charge in [0.2, 0.25) is 0 Å². The Labute approximate surface area is 207 Å². The van der Waals surface area contributed by atoms with Crippen LogP contribution in [0.25, 0.3) is 10.9 Å². The first-order valence-electron chi connectivity index (χ1n) is 10.6. The van der Waals surface area contributed by atoms with Gasteiger partial charge in [-0.25, -0.2) is 4.79 Å². The van der Waals surface area contributed by atoms with Gasteiger partial charge in [-0.1, -0.05) is 40.2 Å². The van der Waals surface area contributed by atoms with Gasteiger partial charge in [-0.2, -0.15) is 13.2 Å². The second-order valence-electron chi connectivity index (χ2n) is 7.87. The predicted octanol–water partition coefficient (Wildman–Crippen LogP) is 6.19. The van der Waals surface area contributed by atoms with Crippen LogP contribution in [0, 0.1) is 0 Å². The summed E-state index contributed by atoms with van der Waals surface area (Å²) in [6.07, 6.45) is -2.59. The molecule has 4 rings (SSSR count). The van der Waals surface area contributed by atoms with Crippen LogP contribution in [0.3, 0.4) is 0 Å². The Morgan fingerprint density at radius 2 is 1.60 bits per heavy atom. The molecule has 0 bridgehead atoms. The smallest absolute Gasteiger partial charge is 0.416 e. The van der Waals surface area contributed by atoms with Gasteiger partial charge >= 0.3 is 12.1 Å². The summed E-state index contributed by atoms with van der Waals surface area (Å²) in [4.78, 5) is 24.7. The summed E-state index contributed by atoms with van der Waals surface area (Å²) >= 11 is 3.50. The van der Waals surface area contributed by atoms with E-state index >= 15 is 0 Å². The molecular weight excluding hydrogens is 525 g/mol. The van der Waals surface area contributed by atoms with E-state index in [2.05, 4.69) is 26.0 Å². The fourth-order valence-corrected chi connectivity index (χ4v) is 4.21. The fourth-order valence-electron chi connectivity index (χ4n) is 3.76. The van der Waals surface area contributed by atoms with Crippen LogP contribution in [-0.4, -0.2) is 23.6 Å². The Bertz CT molecular complexity index is 1380. The first kappa shape index (κ1) is 24.5. The number of amides is 1. The largest absolute Gasteiger partial charge is 0.465 e. The molecule has 4 aromatic rings. The average molecular weight is 545 g/mol. The van der Waals surface area contributed by atoms with Crippen LogP contribution < -0.4 is 5.32 Å². The van der Waals surface area contributed by atoms with Crippen LogP contribution in [-0.2, 0) is 24.0 Å². The van der Waals surface area contributed by atoms with Gasteiger partial charge in [0.05, 0.1) is 29.3 Å². The number of carbonyl (C=O) groups excluding carboxylic acids is 2. The zero-order valence-corrected chi connectivity index (χ0v) is 20.1. The van der Waals surface area contributed by atoms with Crippen molar-refractivity contribution in [3.8, 4) is 0 Å². The molecular formula is C26H20BrF3N2O3. The van der Waals surface area contributed by atoms with Crippen molar-refractivity contribution in [1.29, 1.82) is 0 Å². The fraction of sp³-hybridized carbons (Fsp3) is 0.154. The minimum atomic E-state index is -4.39. The van der Waals surface area contributed by atoms with E-state index in [1.807, 2.05) is 10.6 Å². The summed E-state index contributed by atoms with van der Waals surface area (Å²) in [5, 5.41) is 3.70. The number of ether oxygens (including phenoxy) is 1. The molecule has 0 radical (unpaired) electrons. The molecule has 1 N–H and O–H groups in total. The normalized spacial score (nSPS) is 11.5. The van der Waals surface area contributed by atoms with E-state index in [0.717, 1.165) is 27.6 Å². The monoisotopic (exact) mass is 544 g/mol. The molecule has 3 aromatic carbocycles. The van der Waals surface area contributed by atoms with Gasteiger partial charge in [0.25, 0.3) is 5.91 Å². The Kier molecular flexibility index (Phi) is 6.98. The van der Waals surface area contributed by atoms with E-state index in [0.29, 0.717) is 28.8 Å². The molecule has 0 atom stereocenters. The molecule has 5 nitrogen and oxygen atoms in total. The van der Waals surface area contributed by atoms with E-state index in [9.17, 15) is 22.8 Å². The molecule has 1 amide bonds. The zero-order chi connectivity index (χ0) is 25.2. The van der Waals surface area contributed by atoms with Crippen LogP contribution in [0.5, 0.6) is 0 Å². The number of methoxy groups -OCH3 is 1. The summed E-state index contributed by atoms with van der Waals surface area (Å²) < 4.78 is 46.0. The van der Waals surface area contributed by atoms with Crippen molar-refractivity contribution in [2.75, 3.05) is 7.11 Å². The van der Waals surface area contributed by atoms with Gasteiger partial charge in [0, 0.05) is 29.1 Å². The highest BCUT2D eigenvalue weighted by Gasteiger charge is 2.30. The topological polar surface area (TPSA) is 60.3 Å². The molecule has 0 fully saturated rings. The van der Waals surface area contributed by atoms with Crippen LogP contribution >= 0.6 is 15.9 Å². The van der Waals surface area contributed by atoms with Crippen molar-refractivity contribution in [1.82, 2.24) is 9.88 Å². The molecule has 0 saturated heterocycles. The number of alkyl halides is 3. The van der Waals surface area contributed by atoms with Gasteiger partial charge < -0.3 is 14.6 Å². The van der Waals surface area contributed by atoms with Crippen LogP contribution in [0.1, 0.15) is 37.4 Å². The number of fused-ring (bicyclic) bond motifs is 1. The molecule has 180 valence electrons. The van der Waals surface area contributed by atoms with Gasteiger partial charge in [-0.15, -0.1) is 0 Å². The molecule has 0 aliphatic heterocycles. The van der Waals surface area contributed by atoms with Crippen molar-refractivity contribution in [3.63, 3.8) is 0 Å². The summed E-state index contributed by atoms with van der Waals surface area (Å²) in [6.45, 7) is 0.546. The first-order chi connectivity index (χ1) is 16.7. The van der Waals surface area contributed by atoms with Crippen LogP contribution in [0.2, 0.25) is 0 Å². The number of hydrogen-bond acceptors (Lipinski definition) is 3. The Balaban J connectivity index is 1.56. The molecule has 1 aromatic heterocycles. The highest BCUT2D eigenvalue weighted by atomic mass is 79.9. The molecule has 0 aliphatic rings. The van der Waals surface area contributed by atoms with E-state index < -0.39 is 17.7 Å². The molecule has 35 heavy (non-hydrogen) atoms. The first-order valence-corrected chi connectivity index (χ1v) is 11.4. The predicted molar refractivity (Wildman–Crippen MR) is 129 cm³/mol. The number of benzene rings is 3. The van der Waals surface area contributed by atoms with E-state index in [1.165, 1.54) is 19.2 Å². The lowest BCUT2D eigenvalue weighted by molar-refractivity contribution is -0.137. The third-order valence-corrected chi connectivity index (χ3v) is 6.27. The number of nitrogens with one attached hydrogen (secondary N) is 1. The highest BCUT2D eigenvalue weighted by molar-refractivity contribution is 9.10. The number of nitrogens with zero attached hydrogens (tertiary/aromatic N) is 1. The van der Waals surface area contributed by atoms with Crippen molar-refractivity contribution in [2.45, 2.75) is 19.3 Å². The summed E-state index contributed by atoms with van der Waals surface area (Å²) in [5.74, 6) is -0.737. The van der Waals surface area contributed by atoms with Gasteiger partial charge in [-0.05, 0) is 53.6 Å². The quantitative estimate of drug-likeness (QED) is 0.294. The third-order valence-electron chi connectivity index (χ3n) is 5.58. The molecule has 0 unspecified atom stereocenters. The SMILES string of the molecule is COC(=O)c1ccc(CNC(=O)c2ccc(Br)c3ccn(Cc4ccc(C(F)(F)F)cc4)c23)cc1. The van der Waals surface area contributed by atoms with Crippen LogP contribution in [0.4, 0.5) is 13.2 Å². The maximum atomic E-state index is 13.1. The van der Waals surface area contributed by atoms with Crippen molar-refractivity contribution in [3.05, 3.63) is 105 Å². The maximum Gasteiger partial charge on any atom is 0.416 e. The standard InChI is InChI=1S/C26H20BrF3N2O3/c1-35-25(34)18-6-2-16(3-7-18)14-31-24(33)21-10-11-22(27)20-12-13-32(23(20)21)15-17-4-8-19(9-5-17)26(28,29)30/h2-13H,14-15H2,1H3,(H,31,33). The second-order valence-corrected chi connectivity index (χ2v) is 8.72. The van der Waals surface area contributed by atoms with E-state index in [1.54, 1.807) is 42.6 Å². The number of esters is 1. The number of hydrogen-bond donors (Lipinski definition) is 1. The lowest BCUT2D eigenvalue weighted by atomic mass is 10.1. The van der Waals surface area contributed by atoms with Crippen molar-refractivity contribution < 1.29 is 27.5 Å². The average Bonchev–Trinajstić information content (AvgIpc) is 3.27. The minimum Gasteiger partial charge on any atom is -0.465 e. The van der Waals surface area contributed by atoms with Gasteiger partial charge in [0.1, 0.15) is 0 Å². The van der Waals surface area contributed by atoms with Gasteiger partial charge in [-0.3, -0.25) is 4.79 Å². The summed E-state index contributed by atoms with van der Waals surface area (Å²) in [6, 6.07) is 17.0. The van der Waals surface area contributed by atoms with E-state index in [4.69, 9.17) is 0 Å². The molecule has 0 spiro atoms. The van der Waals surface area contributed by atoms with E-state index in [-0.39, 0.29) is 12.5 Å². The van der Waals surface area contributed by atoms with Crippen molar-refractivity contribution >= 4 is 38.7 Å². The Morgan fingerprint density at radius 3 is 2.23 bits per heavy atom. The number of halogens is 4.